The summed E-state index contributed by atoms with van der Waals surface area (Å²) in [4.78, 5) is 27.8. The van der Waals surface area contributed by atoms with Crippen LogP contribution in [0.4, 0.5) is 0 Å². The number of carbonyl (C=O) groups excluding carboxylic acids is 1. The molecule has 0 aliphatic heterocycles. The maximum Gasteiger partial charge on any atom is 0.306 e. The highest BCUT2D eigenvalue weighted by Gasteiger charge is 2.31. The molecule has 1 aromatic heterocycles. The van der Waals surface area contributed by atoms with Crippen LogP contribution in [-0.4, -0.2) is 28.0 Å². The van der Waals surface area contributed by atoms with Gasteiger partial charge in [-0.3, -0.25) is 14.6 Å². The molecule has 0 spiro atoms. The number of hydrogen-bond donors (Lipinski definition) is 2. The Labute approximate surface area is 144 Å². The zero-order valence-electron chi connectivity index (χ0n) is 12.9. The Morgan fingerprint density at radius 2 is 2.04 bits per heavy atom. The Bertz CT molecular complexity index is 764. The van der Waals surface area contributed by atoms with Gasteiger partial charge in [0.25, 0.3) is 5.91 Å². The van der Waals surface area contributed by atoms with Gasteiger partial charge < -0.3 is 10.4 Å². The molecule has 5 nitrogen and oxygen atoms in total. The second-order valence-electron chi connectivity index (χ2n) is 5.93. The molecule has 1 fully saturated rings. The van der Waals surface area contributed by atoms with Crippen LogP contribution in [0, 0.1) is 5.92 Å². The van der Waals surface area contributed by atoms with Gasteiger partial charge in [-0.2, -0.15) is 0 Å². The lowest BCUT2D eigenvalue weighted by atomic mass is 10.1. The van der Waals surface area contributed by atoms with Crippen molar-refractivity contribution in [2.24, 2.45) is 5.92 Å². The molecule has 0 bridgehead atoms. The van der Waals surface area contributed by atoms with Crippen LogP contribution < -0.4 is 5.32 Å². The van der Waals surface area contributed by atoms with Gasteiger partial charge in [0.2, 0.25) is 0 Å². The zero-order valence-corrected chi connectivity index (χ0v) is 13.7. The maximum absolute atomic E-state index is 12.5. The van der Waals surface area contributed by atoms with Gasteiger partial charge in [-0.1, -0.05) is 23.7 Å². The van der Waals surface area contributed by atoms with Crippen molar-refractivity contribution >= 4 is 23.5 Å². The van der Waals surface area contributed by atoms with Gasteiger partial charge in [0.15, 0.2) is 0 Å². The molecular weight excluding hydrogens is 328 g/mol. The first-order valence-electron chi connectivity index (χ1n) is 7.79. The number of rotatable bonds is 4. The second-order valence-corrected chi connectivity index (χ2v) is 6.34. The van der Waals surface area contributed by atoms with Crippen LogP contribution in [0.3, 0.4) is 0 Å². The molecule has 24 heavy (non-hydrogen) atoms. The maximum atomic E-state index is 12.5. The third kappa shape index (κ3) is 3.57. The number of carbonyl (C=O) groups is 2. The molecule has 1 aliphatic rings. The van der Waals surface area contributed by atoms with Gasteiger partial charge in [-0.05, 0) is 43.5 Å². The molecule has 2 N–H and O–H groups in total. The van der Waals surface area contributed by atoms with Crippen LogP contribution in [0.25, 0.3) is 11.3 Å². The SMILES string of the molecule is O=C(N[C@H]1CC[C@@H](C(=O)O)C1)c1cc(-c2ccccn2)ccc1Cl. The fourth-order valence-corrected chi connectivity index (χ4v) is 3.20. The van der Waals surface area contributed by atoms with E-state index in [0.717, 1.165) is 11.3 Å². The Hall–Kier alpha value is -2.40. The number of aliphatic carboxylic acids is 1. The fraction of sp³-hybridized carbons (Fsp3) is 0.278. The van der Waals surface area contributed by atoms with E-state index in [1.807, 2.05) is 24.3 Å². The van der Waals surface area contributed by atoms with E-state index in [9.17, 15) is 9.59 Å². The van der Waals surface area contributed by atoms with Crippen molar-refractivity contribution in [3.05, 3.63) is 53.2 Å². The Balaban J connectivity index is 1.76. The first-order chi connectivity index (χ1) is 11.5. The summed E-state index contributed by atoms with van der Waals surface area (Å²) in [6.07, 6.45) is 3.40. The lowest BCUT2D eigenvalue weighted by molar-refractivity contribution is -0.141. The van der Waals surface area contributed by atoms with E-state index in [1.165, 1.54) is 0 Å². The molecule has 1 aromatic carbocycles. The quantitative estimate of drug-likeness (QED) is 0.891. The molecule has 0 saturated heterocycles. The lowest BCUT2D eigenvalue weighted by Gasteiger charge is -2.14. The topological polar surface area (TPSA) is 79.3 Å². The largest absolute Gasteiger partial charge is 0.481 e. The lowest BCUT2D eigenvalue weighted by Crippen LogP contribution is -2.33. The van der Waals surface area contributed by atoms with Crippen LogP contribution in [0.5, 0.6) is 0 Å². The van der Waals surface area contributed by atoms with Gasteiger partial charge in [0, 0.05) is 17.8 Å². The number of halogens is 1. The van der Waals surface area contributed by atoms with Crippen molar-refractivity contribution in [3.63, 3.8) is 0 Å². The summed E-state index contributed by atoms with van der Waals surface area (Å²) in [5.41, 5.74) is 1.94. The normalized spacial score (nSPS) is 19.9. The number of benzene rings is 1. The molecule has 0 unspecified atom stereocenters. The van der Waals surface area contributed by atoms with Gasteiger partial charge in [-0.15, -0.1) is 0 Å². The van der Waals surface area contributed by atoms with Crippen molar-refractivity contribution in [1.29, 1.82) is 0 Å². The molecular formula is C18H17ClN2O3. The molecule has 2 atom stereocenters. The smallest absolute Gasteiger partial charge is 0.306 e. The summed E-state index contributed by atoms with van der Waals surface area (Å²) in [5.74, 6) is -1.47. The average molecular weight is 345 g/mol. The second kappa shape index (κ2) is 7.01. The van der Waals surface area contributed by atoms with E-state index in [2.05, 4.69) is 10.3 Å². The highest BCUT2D eigenvalue weighted by atomic mass is 35.5. The minimum Gasteiger partial charge on any atom is -0.481 e. The van der Waals surface area contributed by atoms with E-state index in [-0.39, 0.29) is 17.9 Å². The standard InChI is InChI=1S/C18H17ClN2O3/c19-15-7-5-11(16-3-1-2-8-20-16)10-14(15)17(22)21-13-6-4-12(9-13)18(23)24/h1-3,5,7-8,10,12-13H,4,6,9H2,(H,21,22)(H,23,24)/t12-,13+/m1/s1. The Morgan fingerprint density at radius 1 is 1.21 bits per heavy atom. The summed E-state index contributed by atoms with van der Waals surface area (Å²) in [7, 11) is 0. The summed E-state index contributed by atoms with van der Waals surface area (Å²) >= 11 is 6.17. The summed E-state index contributed by atoms with van der Waals surface area (Å²) in [6, 6.07) is 10.6. The van der Waals surface area contributed by atoms with Crippen LogP contribution in [0.15, 0.2) is 42.6 Å². The number of nitrogens with zero attached hydrogens (tertiary/aromatic N) is 1. The first-order valence-corrected chi connectivity index (χ1v) is 8.17. The van der Waals surface area contributed by atoms with E-state index in [0.29, 0.717) is 29.8 Å². The highest BCUT2D eigenvalue weighted by Crippen LogP contribution is 2.27. The van der Waals surface area contributed by atoms with Crippen molar-refractivity contribution in [2.75, 3.05) is 0 Å². The average Bonchev–Trinajstić information content (AvgIpc) is 3.05. The van der Waals surface area contributed by atoms with Crippen LogP contribution in [0.1, 0.15) is 29.6 Å². The highest BCUT2D eigenvalue weighted by molar-refractivity contribution is 6.34. The van der Waals surface area contributed by atoms with Crippen LogP contribution in [-0.2, 0) is 4.79 Å². The molecule has 2 aromatic rings. The Kier molecular flexibility index (Phi) is 4.81. The van der Waals surface area contributed by atoms with Crippen molar-refractivity contribution in [2.45, 2.75) is 25.3 Å². The van der Waals surface area contributed by atoms with E-state index in [4.69, 9.17) is 16.7 Å². The van der Waals surface area contributed by atoms with Gasteiger partial charge >= 0.3 is 5.97 Å². The summed E-state index contributed by atoms with van der Waals surface area (Å²) < 4.78 is 0. The zero-order chi connectivity index (χ0) is 17.1. The van der Waals surface area contributed by atoms with Crippen LogP contribution in [0.2, 0.25) is 5.02 Å². The number of carboxylic acid groups (broad SMARTS) is 1. The molecule has 124 valence electrons. The molecule has 1 aliphatic carbocycles. The van der Waals surface area contributed by atoms with Gasteiger partial charge in [0.05, 0.1) is 22.2 Å². The van der Waals surface area contributed by atoms with Gasteiger partial charge in [0.1, 0.15) is 0 Å². The number of aromatic nitrogens is 1. The third-order valence-corrected chi connectivity index (χ3v) is 4.62. The molecule has 1 amide bonds. The monoisotopic (exact) mass is 344 g/mol. The molecule has 0 radical (unpaired) electrons. The van der Waals surface area contributed by atoms with E-state index < -0.39 is 5.97 Å². The predicted octanol–water partition coefficient (Wildman–Crippen LogP) is 3.39. The molecule has 1 saturated carbocycles. The van der Waals surface area contributed by atoms with E-state index in [1.54, 1.807) is 18.3 Å². The predicted molar refractivity (Wildman–Crippen MR) is 90.9 cm³/mol. The fourth-order valence-electron chi connectivity index (χ4n) is 2.99. The minimum atomic E-state index is -0.804. The molecule has 1 heterocycles. The summed E-state index contributed by atoms with van der Waals surface area (Å²) in [6.45, 7) is 0. The number of hydrogen-bond acceptors (Lipinski definition) is 3. The summed E-state index contributed by atoms with van der Waals surface area (Å²) in [5, 5.41) is 12.3. The minimum absolute atomic E-state index is 0.131. The Morgan fingerprint density at radius 3 is 2.71 bits per heavy atom. The first kappa shape index (κ1) is 16.5. The molecule has 3 rings (SSSR count). The van der Waals surface area contributed by atoms with Crippen molar-refractivity contribution < 1.29 is 14.7 Å². The number of nitrogens with one attached hydrogen (secondary N) is 1. The van der Waals surface area contributed by atoms with Crippen LogP contribution >= 0.6 is 11.6 Å². The third-order valence-electron chi connectivity index (χ3n) is 4.29. The number of amides is 1. The van der Waals surface area contributed by atoms with Gasteiger partial charge in [-0.25, -0.2) is 0 Å². The number of pyridine rings is 1. The van der Waals surface area contributed by atoms with E-state index >= 15 is 0 Å². The molecule has 6 heteroatoms. The van der Waals surface area contributed by atoms with Crippen molar-refractivity contribution in [1.82, 2.24) is 10.3 Å². The number of carboxylic acids is 1. The van der Waals surface area contributed by atoms with Crippen molar-refractivity contribution in [3.8, 4) is 11.3 Å².